The van der Waals surface area contributed by atoms with Gasteiger partial charge in [0.15, 0.2) is 0 Å². The van der Waals surface area contributed by atoms with Gasteiger partial charge >= 0.3 is 5.97 Å². The van der Waals surface area contributed by atoms with Crippen LogP contribution >= 0.6 is 0 Å². The van der Waals surface area contributed by atoms with E-state index in [0.717, 1.165) is 12.1 Å². The summed E-state index contributed by atoms with van der Waals surface area (Å²) in [6.45, 7) is 4.36. The lowest BCUT2D eigenvalue weighted by atomic mass is 10.0. The van der Waals surface area contributed by atoms with Crippen molar-refractivity contribution in [3.8, 4) is 0 Å². The summed E-state index contributed by atoms with van der Waals surface area (Å²) in [5.74, 6) is -1.05. The molecule has 0 saturated heterocycles. The SMILES string of the molecule is CCNC(CC(=O)O)Cc1ccc(F)c(C)c1. The van der Waals surface area contributed by atoms with Gasteiger partial charge in [-0.2, -0.15) is 0 Å². The maximum absolute atomic E-state index is 13.1. The predicted octanol–water partition coefficient (Wildman–Crippen LogP) is 2.13. The summed E-state index contributed by atoms with van der Waals surface area (Å²) < 4.78 is 13.1. The number of hydrogen-bond acceptors (Lipinski definition) is 2. The number of carboxylic acids is 1. The first-order chi connectivity index (χ1) is 8.02. The third kappa shape index (κ3) is 4.53. The van der Waals surface area contributed by atoms with E-state index in [0.29, 0.717) is 12.0 Å². The number of halogens is 1. The van der Waals surface area contributed by atoms with Crippen LogP contribution in [0.25, 0.3) is 0 Å². The maximum Gasteiger partial charge on any atom is 0.304 e. The Kier molecular flexibility index (Phi) is 5.10. The summed E-state index contributed by atoms with van der Waals surface area (Å²) in [4.78, 5) is 10.7. The highest BCUT2D eigenvalue weighted by Gasteiger charge is 2.13. The van der Waals surface area contributed by atoms with Gasteiger partial charge in [0, 0.05) is 6.04 Å². The van der Waals surface area contributed by atoms with Crippen molar-refractivity contribution in [3.63, 3.8) is 0 Å². The molecule has 2 N–H and O–H groups in total. The predicted molar refractivity (Wildman–Crippen MR) is 64.6 cm³/mol. The molecule has 0 fully saturated rings. The van der Waals surface area contributed by atoms with Crippen molar-refractivity contribution in [2.75, 3.05) is 6.54 Å². The van der Waals surface area contributed by atoms with Gasteiger partial charge < -0.3 is 10.4 Å². The van der Waals surface area contributed by atoms with Crippen LogP contribution in [0.3, 0.4) is 0 Å². The van der Waals surface area contributed by atoms with E-state index < -0.39 is 5.97 Å². The molecule has 0 bridgehead atoms. The van der Waals surface area contributed by atoms with Crippen molar-refractivity contribution in [2.24, 2.45) is 0 Å². The van der Waals surface area contributed by atoms with Gasteiger partial charge in [0.25, 0.3) is 0 Å². The Labute approximate surface area is 101 Å². The van der Waals surface area contributed by atoms with Gasteiger partial charge in [-0.15, -0.1) is 0 Å². The van der Waals surface area contributed by atoms with E-state index in [2.05, 4.69) is 5.32 Å². The molecule has 0 amide bonds. The molecule has 1 aromatic carbocycles. The summed E-state index contributed by atoms with van der Waals surface area (Å²) in [6, 6.07) is 4.78. The lowest BCUT2D eigenvalue weighted by Gasteiger charge is -2.16. The Bertz CT molecular complexity index is 393. The molecule has 0 heterocycles. The number of likely N-dealkylation sites (N-methyl/N-ethyl adjacent to an activating group) is 1. The van der Waals surface area contributed by atoms with Crippen molar-refractivity contribution in [1.29, 1.82) is 0 Å². The van der Waals surface area contributed by atoms with E-state index >= 15 is 0 Å². The lowest BCUT2D eigenvalue weighted by molar-refractivity contribution is -0.137. The standard InChI is InChI=1S/C13H18FNO2/c1-3-15-11(8-13(16)17)7-10-4-5-12(14)9(2)6-10/h4-6,11,15H,3,7-8H2,1-2H3,(H,16,17). The number of carboxylic acid groups (broad SMARTS) is 1. The Morgan fingerprint density at radius 1 is 1.53 bits per heavy atom. The van der Waals surface area contributed by atoms with Crippen LogP contribution in [0.5, 0.6) is 0 Å². The van der Waals surface area contributed by atoms with E-state index in [1.54, 1.807) is 19.1 Å². The molecule has 3 nitrogen and oxygen atoms in total. The second kappa shape index (κ2) is 6.35. The maximum atomic E-state index is 13.1. The molecule has 1 unspecified atom stereocenters. The van der Waals surface area contributed by atoms with E-state index in [-0.39, 0.29) is 18.3 Å². The highest BCUT2D eigenvalue weighted by molar-refractivity contribution is 5.67. The monoisotopic (exact) mass is 239 g/mol. The molecule has 94 valence electrons. The highest BCUT2D eigenvalue weighted by Crippen LogP contribution is 2.12. The molecule has 0 radical (unpaired) electrons. The van der Waals surface area contributed by atoms with Crippen molar-refractivity contribution >= 4 is 5.97 Å². The minimum Gasteiger partial charge on any atom is -0.481 e. The summed E-state index contributed by atoms with van der Waals surface area (Å²) in [5, 5.41) is 11.9. The minimum absolute atomic E-state index is 0.0737. The van der Waals surface area contributed by atoms with Gasteiger partial charge in [-0.1, -0.05) is 19.1 Å². The molecule has 0 aromatic heterocycles. The molecule has 4 heteroatoms. The molecule has 0 aliphatic heterocycles. The smallest absolute Gasteiger partial charge is 0.304 e. The van der Waals surface area contributed by atoms with Gasteiger partial charge in [-0.05, 0) is 37.1 Å². The molecule has 0 aliphatic rings. The third-order valence-electron chi connectivity index (χ3n) is 2.62. The van der Waals surface area contributed by atoms with Gasteiger partial charge in [0.1, 0.15) is 5.82 Å². The molecule has 0 spiro atoms. The summed E-state index contributed by atoms with van der Waals surface area (Å²) in [5.41, 5.74) is 1.55. The van der Waals surface area contributed by atoms with Gasteiger partial charge in [-0.3, -0.25) is 4.79 Å². The van der Waals surface area contributed by atoms with E-state index in [1.807, 2.05) is 6.92 Å². The number of rotatable bonds is 6. The average Bonchev–Trinajstić information content (AvgIpc) is 2.23. The second-order valence-corrected chi connectivity index (χ2v) is 4.14. The number of carbonyl (C=O) groups is 1. The Morgan fingerprint density at radius 3 is 2.76 bits per heavy atom. The zero-order valence-corrected chi connectivity index (χ0v) is 10.2. The first-order valence-electron chi connectivity index (χ1n) is 5.73. The molecule has 1 rings (SSSR count). The first kappa shape index (κ1) is 13.6. The largest absolute Gasteiger partial charge is 0.481 e. The first-order valence-corrected chi connectivity index (χ1v) is 5.73. The van der Waals surface area contributed by atoms with E-state index in [9.17, 15) is 9.18 Å². The summed E-state index contributed by atoms with van der Waals surface area (Å²) >= 11 is 0. The van der Waals surface area contributed by atoms with Crippen molar-refractivity contribution in [2.45, 2.75) is 32.7 Å². The number of hydrogen-bond donors (Lipinski definition) is 2. The Balaban J connectivity index is 2.71. The fourth-order valence-electron chi connectivity index (χ4n) is 1.83. The number of aliphatic carboxylic acids is 1. The van der Waals surface area contributed by atoms with Crippen molar-refractivity contribution < 1.29 is 14.3 Å². The Morgan fingerprint density at radius 2 is 2.24 bits per heavy atom. The molecule has 1 aromatic rings. The quantitative estimate of drug-likeness (QED) is 0.799. The normalized spacial score (nSPS) is 12.4. The highest BCUT2D eigenvalue weighted by atomic mass is 19.1. The van der Waals surface area contributed by atoms with Crippen molar-refractivity contribution in [3.05, 3.63) is 35.1 Å². The lowest BCUT2D eigenvalue weighted by Crippen LogP contribution is -2.33. The van der Waals surface area contributed by atoms with Crippen LogP contribution in [0.1, 0.15) is 24.5 Å². The molecular weight excluding hydrogens is 221 g/mol. The van der Waals surface area contributed by atoms with Gasteiger partial charge in [0.2, 0.25) is 0 Å². The number of benzene rings is 1. The zero-order valence-electron chi connectivity index (χ0n) is 10.2. The fourth-order valence-corrected chi connectivity index (χ4v) is 1.83. The number of aryl methyl sites for hydroxylation is 1. The van der Waals surface area contributed by atoms with Crippen LogP contribution in [0, 0.1) is 12.7 Å². The van der Waals surface area contributed by atoms with E-state index in [1.165, 1.54) is 6.07 Å². The molecule has 1 atom stereocenters. The topological polar surface area (TPSA) is 49.3 Å². The fraction of sp³-hybridized carbons (Fsp3) is 0.462. The Hall–Kier alpha value is -1.42. The summed E-state index contributed by atoms with van der Waals surface area (Å²) in [6.07, 6.45) is 0.672. The van der Waals surface area contributed by atoms with Gasteiger partial charge in [-0.25, -0.2) is 4.39 Å². The second-order valence-electron chi connectivity index (χ2n) is 4.14. The van der Waals surface area contributed by atoms with Crippen molar-refractivity contribution in [1.82, 2.24) is 5.32 Å². The minimum atomic E-state index is -0.824. The molecule has 17 heavy (non-hydrogen) atoms. The van der Waals surface area contributed by atoms with Crippen LogP contribution in [0.2, 0.25) is 0 Å². The van der Waals surface area contributed by atoms with E-state index in [4.69, 9.17) is 5.11 Å². The zero-order chi connectivity index (χ0) is 12.8. The molecular formula is C13H18FNO2. The summed E-state index contributed by atoms with van der Waals surface area (Å²) in [7, 11) is 0. The van der Waals surface area contributed by atoms with Crippen LogP contribution < -0.4 is 5.32 Å². The average molecular weight is 239 g/mol. The molecule has 0 saturated carbocycles. The third-order valence-corrected chi connectivity index (χ3v) is 2.62. The molecule has 0 aliphatic carbocycles. The van der Waals surface area contributed by atoms with Gasteiger partial charge in [0.05, 0.1) is 6.42 Å². The van der Waals surface area contributed by atoms with Crippen LogP contribution in [-0.2, 0) is 11.2 Å². The van der Waals surface area contributed by atoms with Crippen LogP contribution in [0.15, 0.2) is 18.2 Å². The van der Waals surface area contributed by atoms with Crippen LogP contribution in [0.4, 0.5) is 4.39 Å². The number of nitrogens with one attached hydrogen (secondary N) is 1. The van der Waals surface area contributed by atoms with Crippen LogP contribution in [-0.4, -0.2) is 23.7 Å².